The van der Waals surface area contributed by atoms with Gasteiger partial charge in [0.2, 0.25) is 0 Å². The van der Waals surface area contributed by atoms with Gasteiger partial charge in [-0.05, 0) is 13.0 Å². The number of hydrogen-bond acceptors (Lipinski definition) is 5. The summed E-state index contributed by atoms with van der Waals surface area (Å²) >= 11 is 0. The number of hydrogen-bond donors (Lipinski definition) is 0. The molecule has 1 fully saturated rings. The molecule has 0 aromatic heterocycles. The van der Waals surface area contributed by atoms with Gasteiger partial charge in [-0.25, -0.2) is 0 Å². The molecule has 1 saturated heterocycles. The summed E-state index contributed by atoms with van der Waals surface area (Å²) in [4.78, 5) is 24.2. The van der Waals surface area contributed by atoms with Gasteiger partial charge in [0, 0.05) is 37.9 Å². The first-order valence-corrected chi connectivity index (χ1v) is 6.30. The first kappa shape index (κ1) is 14.3. The number of benzene rings is 1. The summed E-state index contributed by atoms with van der Waals surface area (Å²) in [5.74, 6) is -0.0543. The second kappa shape index (κ2) is 5.87. The highest BCUT2D eigenvalue weighted by molar-refractivity contribution is 5.95. The molecule has 1 aromatic carbocycles. The molecule has 20 heavy (non-hydrogen) atoms. The van der Waals surface area contributed by atoms with E-state index in [1.165, 1.54) is 18.2 Å². The standard InChI is InChI=1S/C13H16N2O5/c1-3-20-12-6-9(4-5-11(12)15(17)18)13(16)14-7-10(8-14)19-2/h4-6,10H,3,7-8H2,1-2H3. The van der Waals surface area contributed by atoms with Crippen LogP contribution in [-0.2, 0) is 4.74 Å². The SMILES string of the molecule is CCOc1cc(C(=O)N2CC(OC)C2)ccc1[N+](=O)[O-]. The van der Waals surface area contributed by atoms with Crippen molar-refractivity contribution in [3.05, 3.63) is 33.9 Å². The molecule has 1 amide bonds. The van der Waals surface area contributed by atoms with E-state index >= 15 is 0 Å². The molecule has 0 atom stereocenters. The Morgan fingerprint density at radius 1 is 1.50 bits per heavy atom. The Morgan fingerprint density at radius 2 is 2.20 bits per heavy atom. The molecule has 0 N–H and O–H groups in total. The maximum absolute atomic E-state index is 12.2. The van der Waals surface area contributed by atoms with Gasteiger partial charge in [0.25, 0.3) is 5.91 Å². The zero-order valence-electron chi connectivity index (χ0n) is 11.4. The summed E-state index contributed by atoms with van der Waals surface area (Å²) in [6, 6.07) is 4.17. The van der Waals surface area contributed by atoms with E-state index < -0.39 is 4.92 Å². The van der Waals surface area contributed by atoms with E-state index in [2.05, 4.69) is 0 Å². The largest absolute Gasteiger partial charge is 0.487 e. The van der Waals surface area contributed by atoms with Gasteiger partial charge < -0.3 is 14.4 Å². The van der Waals surface area contributed by atoms with Crippen LogP contribution in [0.1, 0.15) is 17.3 Å². The van der Waals surface area contributed by atoms with Crippen molar-refractivity contribution in [1.29, 1.82) is 0 Å². The van der Waals surface area contributed by atoms with E-state index in [0.717, 1.165) is 0 Å². The normalized spacial score (nSPS) is 14.8. The van der Waals surface area contributed by atoms with Gasteiger partial charge in [-0.2, -0.15) is 0 Å². The fourth-order valence-electron chi connectivity index (χ4n) is 2.00. The van der Waals surface area contributed by atoms with Crippen molar-refractivity contribution in [3.8, 4) is 5.75 Å². The monoisotopic (exact) mass is 280 g/mol. The summed E-state index contributed by atoms with van der Waals surface area (Å²) < 4.78 is 10.3. The van der Waals surface area contributed by atoms with Crippen LogP contribution in [0.5, 0.6) is 5.75 Å². The van der Waals surface area contributed by atoms with Gasteiger partial charge in [0.1, 0.15) is 0 Å². The lowest BCUT2D eigenvalue weighted by Gasteiger charge is -2.38. The maximum Gasteiger partial charge on any atom is 0.310 e. The summed E-state index contributed by atoms with van der Waals surface area (Å²) in [5.41, 5.74) is 0.246. The average molecular weight is 280 g/mol. The Hall–Kier alpha value is -2.15. The highest BCUT2D eigenvalue weighted by atomic mass is 16.6. The van der Waals surface area contributed by atoms with Crippen LogP contribution in [0.25, 0.3) is 0 Å². The molecular formula is C13H16N2O5. The summed E-state index contributed by atoms with van der Waals surface area (Å²) in [7, 11) is 1.60. The van der Waals surface area contributed by atoms with Crippen molar-refractivity contribution in [2.24, 2.45) is 0 Å². The fraction of sp³-hybridized carbons (Fsp3) is 0.462. The summed E-state index contributed by atoms with van der Waals surface area (Å²) in [6.45, 7) is 3.11. The third-order valence-corrected chi connectivity index (χ3v) is 3.17. The molecule has 1 aliphatic heterocycles. The first-order valence-electron chi connectivity index (χ1n) is 6.30. The van der Waals surface area contributed by atoms with Crippen LogP contribution in [0.4, 0.5) is 5.69 Å². The van der Waals surface area contributed by atoms with Crippen molar-refractivity contribution in [3.63, 3.8) is 0 Å². The zero-order valence-corrected chi connectivity index (χ0v) is 11.4. The minimum absolute atomic E-state index is 0.0726. The number of likely N-dealkylation sites (tertiary alicyclic amines) is 1. The topological polar surface area (TPSA) is 81.9 Å². The van der Waals surface area contributed by atoms with Crippen molar-refractivity contribution < 1.29 is 19.2 Å². The van der Waals surface area contributed by atoms with E-state index in [4.69, 9.17) is 9.47 Å². The van der Waals surface area contributed by atoms with Crippen LogP contribution in [0.2, 0.25) is 0 Å². The smallest absolute Gasteiger partial charge is 0.310 e. The van der Waals surface area contributed by atoms with Crippen molar-refractivity contribution in [1.82, 2.24) is 4.90 Å². The molecule has 1 aromatic rings. The van der Waals surface area contributed by atoms with Crippen molar-refractivity contribution >= 4 is 11.6 Å². The Morgan fingerprint density at radius 3 is 2.75 bits per heavy atom. The van der Waals surface area contributed by atoms with Gasteiger partial charge in [0.15, 0.2) is 5.75 Å². The average Bonchev–Trinajstić information content (AvgIpc) is 2.37. The van der Waals surface area contributed by atoms with Crippen molar-refractivity contribution in [2.45, 2.75) is 13.0 Å². The molecule has 7 nitrogen and oxygen atoms in total. The minimum Gasteiger partial charge on any atom is -0.487 e. The first-order chi connectivity index (χ1) is 9.56. The van der Waals surface area contributed by atoms with Crippen LogP contribution in [0.3, 0.4) is 0 Å². The number of amides is 1. The second-order valence-electron chi connectivity index (χ2n) is 4.44. The lowest BCUT2D eigenvalue weighted by Crippen LogP contribution is -2.54. The number of methoxy groups -OCH3 is 1. The molecule has 0 spiro atoms. The van der Waals surface area contributed by atoms with Gasteiger partial charge in [-0.15, -0.1) is 0 Å². The molecule has 1 heterocycles. The predicted octanol–water partition coefficient (Wildman–Crippen LogP) is 1.46. The van der Waals surface area contributed by atoms with Gasteiger partial charge in [-0.3, -0.25) is 14.9 Å². The molecule has 7 heteroatoms. The third kappa shape index (κ3) is 2.72. The number of ether oxygens (including phenoxy) is 2. The maximum atomic E-state index is 12.2. The van der Waals surface area contributed by atoms with Gasteiger partial charge in [-0.1, -0.05) is 0 Å². The highest BCUT2D eigenvalue weighted by Gasteiger charge is 2.31. The van der Waals surface area contributed by atoms with E-state index in [9.17, 15) is 14.9 Å². The zero-order chi connectivity index (χ0) is 14.7. The Labute approximate surface area is 116 Å². The van der Waals surface area contributed by atoms with Crippen LogP contribution >= 0.6 is 0 Å². The Bertz CT molecular complexity index is 525. The van der Waals surface area contributed by atoms with Crippen LogP contribution in [-0.4, -0.2) is 48.6 Å². The molecular weight excluding hydrogens is 264 g/mol. The number of nitrogens with zero attached hydrogens (tertiary/aromatic N) is 2. The molecule has 108 valence electrons. The number of nitro groups is 1. The fourth-order valence-corrected chi connectivity index (χ4v) is 2.00. The lowest BCUT2D eigenvalue weighted by atomic mass is 10.1. The van der Waals surface area contributed by atoms with Gasteiger partial charge in [0.05, 0.1) is 17.6 Å². The van der Waals surface area contributed by atoms with Crippen LogP contribution < -0.4 is 4.74 Å². The van der Waals surface area contributed by atoms with E-state index in [1.54, 1.807) is 18.9 Å². The van der Waals surface area contributed by atoms with Crippen LogP contribution in [0, 0.1) is 10.1 Å². The van der Waals surface area contributed by atoms with Crippen LogP contribution in [0.15, 0.2) is 18.2 Å². The summed E-state index contributed by atoms with van der Waals surface area (Å²) in [5, 5.41) is 10.9. The molecule has 0 aliphatic carbocycles. The quantitative estimate of drug-likeness (QED) is 0.602. The molecule has 0 radical (unpaired) electrons. The molecule has 0 unspecified atom stereocenters. The highest BCUT2D eigenvalue weighted by Crippen LogP contribution is 2.29. The second-order valence-corrected chi connectivity index (χ2v) is 4.44. The lowest BCUT2D eigenvalue weighted by molar-refractivity contribution is -0.385. The Balaban J connectivity index is 2.18. The molecule has 1 aliphatic rings. The van der Waals surface area contributed by atoms with E-state index in [-0.39, 0.29) is 23.4 Å². The molecule has 2 rings (SSSR count). The minimum atomic E-state index is -0.524. The number of carbonyl (C=O) groups excluding carboxylic acids is 1. The third-order valence-electron chi connectivity index (χ3n) is 3.17. The molecule has 0 saturated carbocycles. The number of nitro benzene ring substituents is 1. The number of carbonyl (C=O) groups is 1. The van der Waals surface area contributed by atoms with Crippen molar-refractivity contribution in [2.75, 3.05) is 26.8 Å². The molecule has 0 bridgehead atoms. The predicted molar refractivity (Wildman–Crippen MR) is 71.0 cm³/mol. The van der Waals surface area contributed by atoms with E-state index in [1.807, 2.05) is 0 Å². The number of rotatable bonds is 5. The summed E-state index contributed by atoms with van der Waals surface area (Å²) in [6.07, 6.45) is 0.0726. The van der Waals surface area contributed by atoms with E-state index in [0.29, 0.717) is 25.3 Å². The Kier molecular flexibility index (Phi) is 4.19. The van der Waals surface area contributed by atoms with Gasteiger partial charge >= 0.3 is 5.69 Å².